The van der Waals surface area contributed by atoms with Crippen LogP contribution in [0.25, 0.3) is 6.08 Å². The van der Waals surface area contributed by atoms with Crippen molar-refractivity contribution in [3.8, 4) is 28.7 Å². The van der Waals surface area contributed by atoms with E-state index in [1.54, 1.807) is 36.4 Å². The molecule has 1 N–H and O–H groups in total. The molecule has 2 aliphatic heterocycles. The van der Waals surface area contributed by atoms with E-state index in [0.717, 1.165) is 31.9 Å². The van der Waals surface area contributed by atoms with Crippen molar-refractivity contribution < 1.29 is 33.2 Å². The maximum Gasteiger partial charge on any atom is 0.231 e. The number of carbonyl (C=O) groups excluding carboxylic acids is 1. The Bertz CT molecular complexity index is 1360. The van der Waals surface area contributed by atoms with Crippen molar-refractivity contribution >= 4 is 17.5 Å². The SMILES string of the molecule is COc1cc(/C=C2/Oc3c(ccc(O)c3CN3CCN(c4ccc(F)cc4)CC3)C2=O)cc(OC)c1OC. The van der Waals surface area contributed by atoms with E-state index in [4.69, 9.17) is 18.9 Å². The van der Waals surface area contributed by atoms with Crippen molar-refractivity contribution in [1.82, 2.24) is 4.90 Å². The third-order valence-corrected chi connectivity index (χ3v) is 6.85. The van der Waals surface area contributed by atoms with Gasteiger partial charge in [-0.3, -0.25) is 9.69 Å². The van der Waals surface area contributed by atoms with E-state index >= 15 is 0 Å². The molecule has 0 amide bonds. The number of fused-ring (bicyclic) bond motifs is 1. The Kier molecular flexibility index (Phi) is 7.11. The van der Waals surface area contributed by atoms with Gasteiger partial charge in [0.1, 0.15) is 17.3 Å². The zero-order valence-corrected chi connectivity index (χ0v) is 21.5. The van der Waals surface area contributed by atoms with E-state index in [9.17, 15) is 14.3 Å². The first-order valence-corrected chi connectivity index (χ1v) is 12.2. The largest absolute Gasteiger partial charge is 0.507 e. The van der Waals surface area contributed by atoms with Crippen LogP contribution in [0.1, 0.15) is 21.5 Å². The molecule has 0 spiro atoms. The predicted molar refractivity (Wildman–Crippen MR) is 141 cm³/mol. The van der Waals surface area contributed by atoms with Crippen LogP contribution >= 0.6 is 0 Å². The van der Waals surface area contributed by atoms with Crippen LogP contribution in [-0.4, -0.2) is 63.3 Å². The van der Waals surface area contributed by atoms with E-state index in [-0.39, 0.29) is 23.1 Å². The summed E-state index contributed by atoms with van der Waals surface area (Å²) in [6.07, 6.45) is 1.62. The van der Waals surface area contributed by atoms with Crippen LogP contribution in [0.5, 0.6) is 28.7 Å². The first-order chi connectivity index (χ1) is 18.4. The number of hydrogen-bond acceptors (Lipinski definition) is 8. The summed E-state index contributed by atoms with van der Waals surface area (Å²) in [6, 6.07) is 13.1. The fourth-order valence-corrected chi connectivity index (χ4v) is 4.83. The molecule has 198 valence electrons. The molecule has 3 aromatic rings. The number of ketones is 1. The molecule has 5 rings (SSSR count). The number of hydrogen-bond donors (Lipinski definition) is 1. The predicted octanol–water partition coefficient (Wildman–Crippen LogP) is 4.50. The van der Waals surface area contributed by atoms with E-state index in [0.29, 0.717) is 46.2 Å². The number of allylic oxidation sites excluding steroid dienone is 1. The highest BCUT2D eigenvalue weighted by Gasteiger charge is 2.32. The highest BCUT2D eigenvalue weighted by atomic mass is 19.1. The summed E-state index contributed by atoms with van der Waals surface area (Å²) in [5.74, 6) is 1.43. The number of nitrogens with zero attached hydrogens (tertiary/aromatic N) is 2. The Morgan fingerprint density at radius 3 is 2.21 bits per heavy atom. The maximum atomic E-state index is 13.3. The Labute approximate surface area is 220 Å². The summed E-state index contributed by atoms with van der Waals surface area (Å²) in [5.41, 5.74) is 2.59. The molecule has 38 heavy (non-hydrogen) atoms. The van der Waals surface area contributed by atoms with E-state index in [2.05, 4.69) is 9.80 Å². The Morgan fingerprint density at radius 2 is 1.61 bits per heavy atom. The lowest BCUT2D eigenvalue weighted by Gasteiger charge is -2.36. The van der Waals surface area contributed by atoms with Crippen LogP contribution in [-0.2, 0) is 6.54 Å². The van der Waals surface area contributed by atoms with Gasteiger partial charge in [0, 0.05) is 38.4 Å². The molecule has 0 unspecified atom stereocenters. The number of carbonyl (C=O) groups is 1. The highest BCUT2D eigenvalue weighted by Crippen LogP contribution is 2.42. The fraction of sp³-hybridized carbons (Fsp3) is 0.276. The number of phenolic OH excluding ortho intramolecular Hbond substituents is 1. The van der Waals surface area contributed by atoms with Crippen molar-refractivity contribution in [2.24, 2.45) is 0 Å². The van der Waals surface area contributed by atoms with Crippen LogP contribution in [0, 0.1) is 5.82 Å². The molecule has 0 aromatic heterocycles. The molecular formula is C29H29FN2O6. The number of benzene rings is 3. The lowest BCUT2D eigenvalue weighted by Crippen LogP contribution is -2.46. The monoisotopic (exact) mass is 520 g/mol. The van der Waals surface area contributed by atoms with Crippen LogP contribution < -0.4 is 23.8 Å². The highest BCUT2D eigenvalue weighted by molar-refractivity contribution is 6.15. The van der Waals surface area contributed by atoms with Gasteiger partial charge in [0.25, 0.3) is 0 Å². The first kappa shape index (κ1) is 25.4. The molecule has 0 atom stereocenters. The van der Waals surface area contributed by atoms with Gasteiger partial charge < -0.3 is 29.0 Å². The van der Waals surface area contributed by atoms with E-state index < -0.39 is 0 Å². The summed E-state index contributed by atoms with van der Waals surface area (Å²) in [4.78, 5) is 17.6. The third kappa shape index (κ3) is 4.84. The quantitative estimate of drug-likeness (QED) is 0.457. The van der Waals surface area contributed by atoms with Gasteiger partial charge in [-0.05, 0) is 60.2 Å². The first-order valence-electron chi connectivity index (χ1n) is 12.2. The average Bonchev–Trinajstić information content (AvgIpc) is 3.25. The number of ether oxygens (including phenoxy) is 4. The second-order valence-corrected chi connectivity index (χ2v) is 9.08. The van der Waals surface area contributed by atoms with Gasteiger partial charge in [0.05, 0.1) is 32.5 Å². The summed E-state index contributed by atoms with van der Waals surface area (Å²) in [5, 5.41) is 10.7. The number of anilines is 1. The van der Waals surface area contributed by atoms with Crippen molar-refractivity contribution in [1.29, 1.82) is 0 Å². The normalized spacial score (nSPS) is 16.4. The van der Waals surface area contributed by atoms with Gasteiger partial charge in [-0.1, -0.05) is 0 Å². The number of halogens is 1. The van der Waals surface area contributed by atoms with Crippen molar-refractivity contribution in [3.63, 3.8) is 0 Å². The molecule has 2 aliphatic rings. The minimum absolute atomic E-state index is 0.0755. The molecule has 0 aliphatic carbocycles. The molecule has 0 bridgehead atoms. The smallest absolute Gasteiger partial charge is 0.231 e. The topological polar surface area (TPSA) is 80.7 Å². The van der Waals surface area contributed by atoms with Crippen molar-refractivity contribution in [2.45, 2.75) is 6.54 Å². The number of aromatic hydroxyl groups is 1. The zero-order chi connectivity index (χ0) is 26.8. The average molecular weight is 521 g/mol. The molecule has 0 saturated carbocycles. The Balaban J connectivity index is 1.35. The van der Waals surface area contributed by atoms with E-state index in [1.165, 1.54) is 39.5 Å². The van der Waals surface area contributed by atoms with Gasteiger partial charge >= 0.3 is 0 Å². The number of methoxy groups -OCH3 is 3. The molecule has 9 heteroatoms. The zero-order valence-electron chi connectivity index (χ0n) is 21.5. The summed E-state index contributed by atoms with van der Waals surface area (Å²) >= 11 is 0. The Morgan fingerprint density at radius 1 is 0.947 bits per heavy atom. The summed E-state index contributed by atoms with van der Waals surface area (Å²) < 4.78 is 35.5. The van der Waals surface area contributed by atoms with Gasteiger partial charge in [0.2, 0.25) is 11.5 Å². The van der Waals surface area contributed by atoms with E-state index in [1.807, 2.05) is 0 Å². The standard InChI is InChI=1S/C29H29FN2O6/c1-35-25-15-18(16-26(36-2)29(25)37-3)14-24-27(34)21-8-9-23(33)22(28(21)38-24)17-31-10-12-32(13-11-31)20-6-4-19(30)5-7-20/h4-9,14-16,33H,10-13,17H2,1-3H3/b24-14+. The number of phenols is 1. The molecule has 1 saturated heterocycles. The fourth-order valence-electron chi connectivity index (χ4n) is 4.83. The van der Waals surface area contributed by atoms with Crippen LogP contribution in [0.4, 0.5) is 10.1 Å². The summed E-state index contributed by atoms with van der Waals surface area (Å²) in [7, 11) is 4.57. The summed E-state index contributed by atoms with van der Waals surface area (Å²) in [6.45, 7) is 3.42. The third-order valence-electron chi connectivity index (χ3n) is 6.85. The molecule has 0 radical (unpaired) electrons. The van der Waals surface area contributed by atoms with Gasteiger partial charge in [-0.25, -0.2) is 4.39 Å². The van der Waals surface area contributed by atoms with Crippen molar-refractivity contribution in [3.05, 3.63) is 76.8 Å². The van der Waals surface area contributed by atoms with Gasteiger partial charge in [0.15, 0.2) is 17.3 Å². The number of Topliss-reactive ketones (excluding diaryl/α,β-unsaturated/α-hetero) is 1. The minimum atomic E-state index is -0.267. The van der Waals surface area contributed by atoms with Crippen LogP contribution in [0.15, 0.2) is 54.3 Å². The second kappa shape index (κ2) is 10.6. The van der Waals surface area contributed by atoms with Crippen molar-refractivity contribution in [2.75, 3.05) is 52.4 Å². The van der Waals surface area contributed by atoms with Gasteiger partial charge in [-0.2, -0.15) is 0 Å². The number of rotatable bonds is 7. The lowest BCUT2D eigenvalue weighted by molar-refractivity contribution is 0.101. The molecule has 8 nitrogen and oxygen atoms in total. The minimum Gasteiger partial charge on any atom is -0.507 e. The molecule has 1 fully saturated rings. The number of piperazine rings is 1. The molecule has 3 aromatic carbocycles. The molecule has 2 heterocycles. The lowest BCUT2D eigenvalue weighted by atomic mass is 10.0. The maximum absolute atomic E-state index is 13.3. The van der Waals surface area contributed by atoms with Gasteiger partial charge in [-0.15, -0.1) is 0 Å². The second-order valence-electron chi connectivity index (χ2n) is 9.08. The van der Waals surface area contributed by atoms with Crippen LogP contribution in [0.2, 0.25) is 0 Å². The Hall–Kier alpha value is -4.24. The molecular weight excluding hydrogens is 491 g/mol. The van der Waals surface area contributed by atoms with Crippen LogP contribution in [0.3, 0.4) is 0 Å².